The number of rotatable bonds is 8. The van der Waals surface area contributed by atoms with Gasteiger partial charge in [-0.05, 0) is 35.9 Å². The van der Waals surface area contributed by atoms with Gasteiger partial charge in [-0.2, -0.15) is 5.26 Å². The molecule has 1 aromatic heterocycles. The van der Waals surface area contributed by atoms with E-state index in [-0.39, 0.29) is 23.7 Å². The molecule has 0 saturated carbocycles. The summed E-state index contributed by atoms with van der Waals surface area (Å²) in [6.07, 6.45) is 0. The minimum Gasteiger partial charge on any atom is -0.507 e. The first kappa shape index (κ1) is 21.6. The predicted octanol–water partition coefficient (Wildman–Crippen LogP) is 2.51. The van der Waals surface area contributed by atoms with Gasteiger partial charge in [0.15, 0.2) is 0 Å². The van der Waals surface area contributed by atoms with Gasteiger partial charge in [0.05, 0.1) is 18.8 Å². The highest BCUT2D eigenvalue weighted by Crippen LogP contribution is 2.35. The Morgan fingerprint density at radius 3 is 2.65 bits per heavy atom. The Labute approximate surface area is 180 Å². The van der Waals surface area contributed by atoms with Gasteiger partial charge in [0.25, 0.3) is 0 Å². The third-order valence-corrected chi connectivity index (χ3v) is 4.77. The van der Waals surface area contributed by atoms with Gasteiger partial charge in [-0.3, -0.25) is 4.79 Å². The zero-order valence-electron chi connectivity index (χ0n) is 17.1. The Bertz CT molecular complexity index is 1140. The van der Waals surface area contributed by atoms with Crippen molar-refractivity contribution in [3.63, 3.8) is 0 Å². The number of methoxy groups -OCH3 is 1. The summed E-state index contributed by atoms with van der Waals surface area (Å²) in [5, 5.41) is 19.9. The van der Waals surface area contributed by atoms with Crippen LogP contribution in [0.5, 0.6) is 5.75 Å². The topological polar surface area (TPSA) is 138 Å². The van der Waals surface area contributed by atoms with E-state index in [1.165, 1.54) is 0 Å². The van der Waals surface area contributed by atoms with E-state index in [4.69, 9.17) is 16.2 Å². The van der Waals surface area contributed by atoms with Crippen LogP contribution in [0, 0.1) is 11.3 Å². The monoisotopic (exact) mass is 417 g/mol. The molecule has 5 N–H and O–H groups in total. The molecule has 1 amide bonds. The maximum absolute atomic E-state index is 11.5. The Hall–Kier alpha value is -4.09. The maximum atomic E-state index is 11.5. The Morgan fingerprint density at radius 1 is 1.19 bits per heavy atom. The average molecular weight is 417 g/mol. The first-order valence-corrected chi connectivity index (χ1v) is 9.56. The van der Waals surface area contributed by atoms with Gasteiger partial charge in [-0.1, -0.05) is 24.3 Å². The number of benzene rings is 2. The zero-order valence-corrected chi connectivity index (χ0v) is 17.1. The van der Waals surface area contributed by atoms with Crippen LogP contribution >= 0.6 is 0 Å². The molecule has 8 nitrogen and oxygen atoms in total. The fourth-order valence-corrected chi connectivity index (χ4v) is 3.30. The molecule has 0 spiro atoms. The van der Waals surface area contributed by atoms with Crippen LogP contribution < -0.4 is 16.4 Å². The number of primary amides is 1. The van der Waals surface area contributed by atoms with Crippen molar-refractivity contribution in [2.24, 2.45) is 5.73 Å². The second-order valence-corrected chi connectivity index (χ2v) is 6.88. The highest BCUT2D eigenvalue weighted by molar-refractivity contribution is 5.84. The molecular formula is C23H23N5O3. The first-order valence-electron chi connectivity index (χ1n) is 9.56. The van der Waals surface area contributed by atoms with Gasteiger partial charge in [0, 0.05) is 30.5 Å². The van der Waals surface area contributed by atoms with Crippen LogP contribution in [-0.4, -0.2) is 42.8 Å². The molecular weight excluding hydrogens is 394 g/mol. The van der Waals surface area contributed by atoms with E-state index in [2.05, 4.69) is 11.1 Å². The van der Waals surface area contributed by atoms with Crippen molar-refractivity contribution in [1.82, 2.24) is 4.98 Å². The summed E-state index contributed by atoms with van der Waals surface area (Å²) in [7, 11) is 1.58. The minimum atomic E-state index is -0.464. The molecule has 0 fully saturated rings. The van der Waals surface area contributed by atoms with Crippen molar-refractivity contribution in [1.29, 1.82) is 5.26 Å². The van der Waals surface area contributed by atoms with Crippen LogP contribution in [0.3, 0.4) is 0 Å². The predicted molar refractivity (Wildman–Crippen MR) is 119 cm³/mol. The van der Waals surface area contributed by atoms with Crippen LogP contribution in [0.25, 0.3) is 22.4 Å². The molecule has 0 aliphatic rings. The number of aromatic hydroxyl groups is 1. The van der Waals surface area contributed by atoms with Crippen molar-refractivity contribution < 1.29 is 14.6 Å². The summed E-state index contributed by atoms with van der Waals surface area (Å²) in [6.45, 7) is 0.912. The van der Waals surface area contributed by atoms with Crippen LogP contribution in [0.1, 0.15) is 5.56 Å². The molecule has 0 bridgehead atoms. The van der Waals surface area contributed by atoms with E-state index in [1.54, 1.807) is 42.3 Å². The SMILES string of the molecule is COCCN(CC(N)=O)c1cccc(-c2cc(-c3ccccc3O)nc(N)c2C#N)c1. The number of nitrogens with zero attached hydrogens (tertiary/aromatic N) is 3. The number of pyridine rings is 1. The lowest BCUT2D eigenvalue weighted by Gasteiger charge is -2.23. The molecule has 31 heavy (non-hydrogen) atoms. The normalized spacial score (nSPS) is 10.5. The van der Waals surface area contributed by atoms with Gasteiger partial charge >= 0.3 is 0 Å². The number of carbonyl (C=O) groups is 1. The maximum Gasteiger partial charge on any atom is 0.236 e. The highest BCUT2D eigenvalue weighted by Gasteiger charge is 2.17. The number of carbonyl (C=O) groups excluding carboxylic acids is 1. The smallest absolute Gasteiger partial charge is 0.236 e. The summed E-state index contributed by atoms with van der Waals surface area (Å²) in [5.41, 5.74) is 14.7. The van der Waals surface area contributed by atoms with Gasteiger partial charge in [0.2, 0.25) is 5.91 Å². The van der Waals surface area contributed by atoms with Gasteiger partial charge < -0.3 is 26.2 Å². The minimum absolute atomic E-state index is 0.0273. The number of anilines is 2. The van der Waals surface area contributed by atoms with Gasteiger partial charge in [0.1, 0.15) is 23.2 Å². The molecule has 0 atom stereocenters. The summed E-state index contributed by atoms with van der Waals surface area (Å²) >= 11 is 0. The van der Waals surface area contributed by atoms with Crippen LogP contribution in [-0.2, 0) is 9.53 Å². The molecule has 0 aliphatic heterocycles. The van der Waals surface area contributed by atoms with Crippen LogP contribution in [0.2, 0.25) is 0 Å². The van der Waals surface area contributed by atoms with E-state index in [0.717, 1.165) is 5.69 Å². The van der Waals surface area contributed by atoms with Crippen molar-refractivity contribution in [2.45, 2.75) is 0 Å². The van der Waals surface area contributed by atoms with Gasteiger partial charge in [-0.25, -0.2) is 4.98 Å². The number of amides is 1. The van der Waals surface area contributed by atoms with E-state index >= 15 is 0 Å². The van der Waals surface area contributed by atoms with Crippen molar-refractivity contribution in [3.8, 4) is 34.2 Å². The number of para-hydroxylation sites is 1. The number of hydrogen-bond acceptors (Lipinski definition) is 7. The van der Waals surface area contributed by atoms with Crippen molar-refractivity contribution in [2.75, 3.05) is 37.4 Å². The number of phenols is 1. The molecule has 1 heterocycles. The summed E-state index contributed by atoms with van der Waals surface area (Å²) in [5.74, 6) is -0.336. The molecule has 2 aromatic carbocycles. The third-order valence-electron chi connectivity index (χ3n) is 4.77. The third kappa shape index (κ3) is 4.91. The number of nitrogens with two attached hydrogens (primary N) is 2. The lowest BCUT2D eigenvalue weighted by Crippen LogP contribution is -2.36. The average Bonchev–Trinajstić information content (AvgIpc) is 2.76. The fourth-order valence-electron chi connectivity index (χ4n) is 3.30. The second kappa shape index (κ2) is 9.61. The van der Waals surface area contributed by atoms with Crippen LogP contribution in [0.15, 0.2) is 54.6 Å². The quantitative estimate of drug-likeness (QED) is 0.512. The number of aromatic nitrogens is 1. The zero-order chi connectivity index (χ0) is 22.4. The molecule has 0 aliphatic carbocycles. The molecule has 0 saturated heterocycles. The fraction of sp³-hybridized carbons (Fsp3) is 0.174. The van der Waals surface area contributed by atoms with Gasteiger partial charge in [-0.15, -0.1) is 0 Å². The Kier molecular flexibility index (Phi) is 6.70. The number of hydrogen-bond donors (Lipinski definition) is 3. The highest BCUT2D eigenvalue weighted by atomic mass is 16.5. The van der Waals surface area contributed by atoms with E-state index in [0.29, 0.717) is 35.5 Å². The van der Waals surface area contributed by atoms with E-state index < -0.39 is 5.91 Å². The molecule has 8 heteroatoms. The van der Waals surface area contributed by atoms with E-state index in [9.17, 15) is 15.2 Å². The Balaban J connectivity index is 2.12. The standard InChI is InChI=1S/C23H23N5O3/c1-31-10-9-28(14-22(25)30)16-6-4-5-15(11-16)18-12-20(27-23(26)19(18)13-24)17-7-2-3-8-21(17)29/h2-8,11-12,29H,9-10,14H2,1H3,(H2,25,30)(H2,26,27). The number of phenolic OH excluding ortho intramolecular Hbond substituents is 1. The summed E-state index contributed by atoms with van der Waals surface area (Å²) in [4.78, 5) is 17.6. The molecule has 3 aromatic rings. The molecule has 0 radical (unpaired) electrons. The Morgan fingerprint density at radius 2 is 1.97 bits per heavy atom. The number of nitriles is 1. The largest absolute Gasteiger partial charge is 0.507 e. The van der Waals surface area contributed by atoms with Crippen molar-refractivity contribution in [3.05, 3.63) is 60.2 Å². The van der Waals surface area contributed by atoms with Crippen LogP contribution in [0.4, 0.5) is 11.5 Å². The lowest BCUT2D eigenvalue weighted by atomic mass is 9.97. The number of nitrogen functional groups attached to an aromatic ring is 1. The summed E-state index contributed by atoms with van der Waals surface area (Å²) in [6, 6.07) is 18.0. The van der Waals surface area contributed by atoms with E-state index in [1.807, 2.05) is 24.3 Å². The first-order chi connectivity index (χ1) is 14.9. The van der Waals surface area contributed by atoms with Crippen molar-refractivity contribution >= 4 is 17.4 Å². The lowest BCUT2D eigenvalue weighted by molar-refractivity contribution is -0.116. The molecule has 158 valence electrons. The molecule has 0 unspecified atom stereocenters. The molecule has 3 rings (SSSR count). The number of ether oxygens (including phenoxy) is 1. The second-order valence-electron chi connectivity index (χ2n) is 6.88. The summed E-state index contributed by atoms with van der Waals surface area (Å²) < 4.78 is 5.13.